The molecule has 8 nitrogen and oxygen atoms in total. The van der Waals surface area contributed by atoms with Crippen molar-refractivity contribution in [1.82, 2.24) is 16.0 Å². The highest BCUT2D eigenvalue weighted by atomic mass is 32.2. The van der Waals surface area contributed by atoms with E-state index >= 15 is 0 Å². The van der Waals surface area contributed by atoms with Gasteiger partial charge in [0.15, 0.2) is 0 Å². The summed E-state index contributed by atoms with van der Waals surface area (Å²) in [6.45, 7) is 0.695. The Bertz CT molecular complexity index is 675. The predicted molar refractivity (Wildman–Crippen MR) is 95.4 cm³/mol. The molecule has 1 unspecified atom stereocenters. The van der Waals surface area contributed by atoms with E-state index in [9.17, 15) is 18.6 Å². The average Bonchev–Trinajstić information content (AvgIpc) is 3.21. The molecule has 26 heavy (non-hydrogen) atoms. The second-order valence-electron chi connectivity index (χ2n) is 6.74. The van der Waals surface area contributed by atoms with E-state index in [0.29, 0.717) is 30.7 Å². The topological polar surface area (TPSA) is 114 Å². The summed E-state index contributed by atoms with van der Waals surface area (Å²) in [5.41, 5.74) is 0.599. The Kier molecular flexibility index (Phi) is 6.08. The second kappa shape index (κ2) is 8.48. The molecule has 0 aromatic carbocycles. The highest BCUT2D eigenvalue weighted by Crippen LogP contribution is 2.19. The summed E-state index contributed by atoms with van der Waals surface area (Å²) < 4.78 is 16.3. The number of nitrogens with one attached hydrogen (secondary N) is 3. The third-order valence-electron chi connectivity index (χ3n) is 4.57. The molecule has 3 aliphatic rings. The molecule has 0 bridgehead atoms. The Morgan fingerprint density at radius 1 is 1.35 bits per heavy atom. The first-order chi connectivity index (χ1) is 12.5. The standard InChI is InChI=1S/C17H23N3O5S/c21-15(7-14-9-25-17(23)20-14)19-13-4-3-11(6-13)8-18-16(22)12-2-1-5-26(24)10-12/h3-4,10-11,13-14H,1-2,5-9H2,(H,18,22)(H,19,21)(H,20,23)/t11-,13+,14-,26?/m0/s1. The summed E-state index contributed by atoms with van der Waals surface area (Å²) in [6, 6.07) is -0.360. The van der Waals surface area contributed by atoms with Crippen LogP contribution >= 0.6 is 0 Å². The molecule has 9 heteroatoms. The lowest BCUT2D eigenvalue weighted by Crippen LogP contribution is -2.38. The van der Waals surface area contributed by atoms with Crippen LogP contribution in [0.4, 0.5) is 4.79 Å². The molecule has 0 radical (unpaired) electrons. The van der Waals surface area contributed by atoms with Crippen LogP contribution in [-0.2, 0) is 25.1 Å². The highest BCUT2D eigenvalue weighted by Gasteiger charge is 2.27. The fourth-order valence-corrected chi connectivity index (χ4v) is 4.33. The van der Waals surface area contributed by atoms with Crippen LogP contribution in [0.3, 0.4) is 0 Å². The molecule has 3 rings (SSSR count). The number of hydrogen-bond acceptors (Lipinski definition) is 5. The largest absolute Gasteiger partial charge is 0.447 e. The first-order valence-electron chi connectivity index (χ1n) is 8.76. The lowest BCUT2D eigenvalue weighted by Gasteiger charge is -2.17. The molecule has 1 saturated heterocycles. The fourth-order valence-electron chi connectivity index (χ4n) is 3.24. The van der Waals surface area contributed by atoms with E-state index in [1.807, 2.05) is 12.2 Å². The van der Waals surface area contributed by atoms with Crippen LogP contribution in [0.2, 0.25) is 0 Å². The molecular formula is C17H23N3O5S. The molecule has 0 aromatic rings. The van der Waals surface area contributed by atoms with Gasteiger partial charge < -0.3 is 20.7 Å². The fraction of sp³-hybridized carbons (Fsp3) is 0.588. The van der Waals surface area contributed by atoms with E-state index in [0.717, 1.165) is 6.42 Å². The van der Waals surface area contributed by atoms with Crippen molar-refractivity contribution in [2.75, 3.05) is 18.9 Å². The average molecular weight is 381 g/mol. The monoisotopic (exact) mass is 381 g/mol. The van der Waals surface area contributed by atoms with E-state index < -0.39 is 16.9 Å². The number of amides is 3. The lowest BCUT2D eigenvalue weighted by atomic mass is 10.1. The molecule has 142 valence electrons. The number of ether oxygens (including phenoxy) is 1. The van der Waals surface area contributed by atoms with Crippen molar-refractivity contribution >= 4 is 28.7 Å². The van der Waals surface area contributed by atoms with Crippen LogP contribution in [-0.4, -0.2) is 53.1 Å². The van der Waals surface area contributed by atoms with Crippen molar-refractivity contribution in [2.24, 2.45) is 5.92 Å². The highest BCUT2D eigenvalue weighted by molar-refractivity contribution is 7.88. The van der Waals surface area contributed by atoms with Crippen molar-refractivity contribution in [3.8, 4) is 0 Å². The van der Waals surface area contributed by atoms with Crippen LogP contribution in [0.25, 0.3) is 0 Å². The van der Waals surface area contributed by atoms with Gasteiger partial charge in [-0.3, -0.25) is 13.8 Å². The Morgan fingerprint density at radius 2 is 2.19 bits per heavy atom. The van der Waals surface area contributed by atoms with Gasteiger partial charge in [-0.2, -0.15) is 0 Å². The van der Waals surface area contributed by atoms with Gasteiger partial charge in [0.05, 0.1) is 12.5 Å². The maximum Gasteiger partial charge on any atom is 0.407 e. The maximum atomic E-state index is 12.1. The molecule has 0 saturated carbocycles. The zero-order valence-electron chi connectivity index (χ0n) is 14.4. The van der Waals surface area contributed by atoms with Gasteiger partial charge in [-0.25, -0.2) is 4.79 Å². The first-order valence-corrected chi connectivity index (χ1v) is 10.1. The number of alkyl carbamates (subject to hydrolysis) is 1. The van der Waals surface area contributed by atoms with E-state index in [2.05, 4.69) is 16.0 Å². The molecule has 1 fully saturated rings. The molecule has 2 heterocycles. The predicted octanol–water partition coefficient (Wildman–Crippen LogP) is 0.0884. The van der Waals surface area contributed by atoms with Crippen molar-refractivity contribution in [3.05, 3.63) is 23.1 Å². The quantitative estimate of drug-likeness (QED) is 0.564. The zero-order chi connectivity index (χ0) is 18.5. The third kappa shape index (κ3) is 5.17. The third-order valence-corrected chi connectivity index (χ3v) is 5.81. The van der Waals surface area contributed by atoms with Gasteiger partial charge in [-0.05, 0) is 25.2 Å². The summed E-state index contributed by atoms with van der Waals surface area (Å²) >= 11 is 0. The number of cyclic esters (lactones) is 1. The van der Waals surface area contributed by atoms with E-state index in [4.69, 9.17) is 4.74 Å². The van der Waals surface area contributed by atoms with Gasteiger partial charge in [0, 0.05) is 40.1 Å². The molecular weight excluding hydrogens is 358 g/mol. The summed E-state index contributed by atoms with van der Waals surface area (Å²) in [7, 11) is -1.03. The van der Waals surface area contributed by atoms with Crippen molar-refractivity contribution in [1.29, 1.82) is 0 Å². The minimum atomic E-state index is -1.03. The Labute approximate surface area is 154 Å². The summed E-state index contributed by atoms with van der Waals surface area (Å²) in [5.74, 6) is 0.472. The maximum absolute atomic E-state index is 12.1. The van der Waals surface area contributed by atoms with Crippen molar-refractivity contribution in [3.63, 3.8) is 0 Å². The van der Waals surface area contributed by atoms with Gasteiger partial charge in [-0.15, -0.1) is 0 Å². The SMILES string of the molecule is O=C(C[C@H]1COC(=O)N1)N[C@@H]1C=C[C@H](CNC(=O)C2=CS(=O)CCC2)C1. The number of rotatable bonds is 6. The number of carbonyl (C=O) groups excluding carboxylic acids is 3. The lowest BCUT2D eigenvalue weighted by molar-refractivity contribution is -0.122. The summed E-state index contributed by atoms with van der Waals surface area (Å²) in [6.07, 6.45) is 5.75. The van der Waals surface area contributed by atoms with Crippen molar-refractivity contribution in [2.45, 2.75) is 37.8 Å². The van der Waals surface area contributed by atoms with Gasteiger partial charge in [0.2, 0.25) is 11.8 Å². The van der Waals surface area contributed by atoms with E-state index in [1.165, 1.54) is 0 Å². The van der Waals surface area contributed by atoms with Crippen LogP contribution < -0.4 is 16.0 Å². The summed E-state index contributed by atoms with van der Waals surface area (Å²) in [4.78, 5) is 35.1. The van der Waals surface area contributed by atoms with Crippen molar-refractivity contribution < 1.29 is 23.3 Å². The van der Waals surface area contributed by atoms with Crippen LogP contribution in [0.15, 0.2) is 23.1 Å². The first kappa shape index (κ1) is 18.6. The molecule has 1 aliphatic carbocycles. The van der Waals surface area contributed by atoms with E-state index in [-0.39, 0.29) is 42.8 Å². The minimum absolute atomic E-state index is 0.0798. The number of hydrogen-bond donors (Lipinski definition) is 3. The molecule has 2 aliphatic heterocycles. The van der Waals surface area contributed by atoms with Gasteiger partial charge in [0.25, 0.3) is 0 Å². The van der Waals surface area contributed by atoms with Crippen LogP contribution in [0.5, 0.6) is 0 Å². The molecule has 0 aromatic heterocycles. The normalized spacial score (nSPS) is 30.3. The van der Waals surface area contributed by atoms with Crippen LogP contribution in [0.1, 0.15) is 25.7 Å². The Morgan fingerprint density at radius 3 is 2.92 bits per heavy atom. The van der Waals surface area contributed by atoms with Gasteiger partial charge in [0.1, 0.15) is 6.61 Å². The molecule has 3 N–H and O–H groups in total. The zero-order valence-corrected chi connectivity index (χ0v) is 15.2. The Hall–Kier alpha value is -2.16. The number of carbonyl (C=O) groups is 3. The minimum Gasteiger partial charge on any atom is -0.447 e. The van der Waals surface area contributed by atoms with E-state index in [1.54, 1.807) is 5.41 Å². The van der Waals surface area contributed by atoms with Gasteiger partial charge in [-0.1, -0.05) is 12.2 Å². The van der Waals surface area contributed by atoms with Gasteiger partial charge >= 0.3 is 6.09 Å². The Balaban J connectivity index is 1.37. The molecule has 0 spiro atoms. The second-order valence-corrected chi connectivity index (χ2v) is 8.15. The smallest absolute Gasteiger partial charge is 0.407 e. The summed E-state index contributed by atoms with van der Waals surface area (Å²) in [5, 5.41) is 9.92. The van der Waals surface area contributed by atoms with Crippen LogP contribution in [0, 0.1) is 5.92 Å². The molecule has 4 atom stereocenters. The molecule has 3 amide bonds.